The number of likely N-dealkylation sites (N-methyl/N-ethyl adjacent to an activating group) is 1. The van der Waals surface area contributed by atoms with E-state index in [2.05, 4.69) is 24.2 Å². The minimum atomic E-state index is -0.191. The van der Waals surface area contributed by atoms with Crippen molar-refractivity contribution in [2.24, 2.45) is 0 Å². The fraction of sp³-hybridized carbons (Fsp3) is 0.571. The lowest BCUT2D eigenvalue weighted by atomic mass is 10.1. The molecule has 2 atom stereocenters. The molecule has 18 heavy (non-hydrogen) atoms. The molecule has 1 aromatic carbocycles. The van der Waals surface area contributed by atoms with E-state index in [1.807, 2.05) is 12.1 Å². The summed E-state index contributed by atoms with van der Waals surface area (Å²) >= 11 is 0. The third-order valence-corrected chi connectivity index (χ3v) is 3.36. The standard InChI is InChI=1S/C14H21FN2O/c1-11(12-3-5-13(15)6-4-12)16-9-14-10-17(2)7-8-18-14/h3-6,11,14,16H,7-10H2,1-2H3/t11-,14?/m1/s1. The predicted molar refractivity (Wildman–Crippen MR) is 70.1 cm³/mol. The summed E-state index contributed by atoms with van der Waals surface area (Å²) < 4.78 is 18.5. The second-order valence-corrected chi connectivity index (χ2v) is 4.94. The zero-order valence-electron chi connectivity index (χ0n) is 11.0. The van der Waals surface area contributed by atoms with E-state index in [0.717, 1.165) is 31.8 Å². The van der Waals surface area contributed by atoms with Crippen molar-refractivity contribution >= 4 is 0 Å². The van der Waals surface area contributed by atoms with Gasteiger partial charge in [0.15, 0.2) is 0 Å². The molecule has 1 heterocycles. The maximum Gasteiger partial charge on any atom is 0.123 e. The Morgan fingerprint density at radius 2 is 2.17 bits per heavy atom. The Balaban J connectivity index is 1.80. The van der Waals surface area contributed by atoms with Gasteiger partial charge < -0.3 is 15.0 Å². The van der Waals surface area contributed by atoms with Gasteiger partial charge in [0.05, 0.1) is 12.7 Å². The van der Waals surface area contributed by atoms with Gasteiger partial charge in [0.25, 0.3) is 0 Å². The lowest BCUT2D eigenvalue weighted by Gasteiger charge is -2.31. The number of hydrogen-bond donors (Lipinski definition) is 1. The fourth-order valence-electron chi connectivity index (χ4n) is 2.17. The van der Waals surface area contributed by atoms with Crippen LogP contribution in [0.1, 0.15) is 18.5 Å². The third kappa shape index (κ3) is 3.77. The van der Waals surface area contributed by atoms with Crippen LogP contribution in [0.2, 0.25) is 0 Å². The number of nitrogens with one attached hydrogen (secondary N) is 1. The third-order valence-electron chi connectivity index (χ3n) is 3.36. The van der Waals surface area contributed by atoms with Crippen LogP contribution in [0.15, 0.2) is 24.3 Å². The van der Waals surface area contributed by atoms with Crippen LogP contribution >= 0.6 is 0 Å². The Morgan fingerprint density at radius 3 is 2.83 bits per heavy atom. The first-order chi connectivity index (χ1) is 8.65. The summed E-state index contributed by atoms with van der Waals surface area (Å²) in [5.41, 5.74) is 1.10. The zero-order chi connectivity index (χ0) is 13.0. The van der Waals surface area contributed by atoms with Crippen LogP contribution in [0.4, 0.5) is 4.39 Å². The predicted octanol–water partition coefficient (Wildman–Crippen LogP) is 1.81. The van der Waals surface area contributed by atoms with Crippen molar-refractivity contribution in [3.63, 3.8) is 0 Å². The van der Waals surface area contributed by atoms with Gasteiger partial charge >= 0.3 is 0 Å². The molecule has 0 aromatic heterocycles. The largest absolute Gasteiger partial charge is 0.374 e. The van der Waals surface area contributed by atoms with Crippen molar-refractivity contribution in [1.29, 1.82) is 0 Å². The van der Waals surface area contributed by atoms with Crippen molar-refractivity contribution < 1.29 is 9.13 Å². The van der Waals surface area contributed by atoms with E-state index in [4.69, 9.17) is 4.74 Å². The second kappa shape index (κ2) is 6.27. The summed E-state index contributed by atoms with van der Waals surface area (Å²) in [7, 11) is 2.11. The number of benzene rings is 1. The van der Waals surface area contributed by atoms with Crippen LogP contribution in [-0.2, 0) is 4.74 Å². The summed E-state index contributed by atoms with van der Waals surface area (Å²) in [6, 6.07) is 6.85. The molecule has 0 amide bonds. The van der Waals surface area contributed by atoms with Crippen molar-refractivity contribution in [3.8, 4) is 0 Å². The first-order valence-electron chi connectivity index (χ1n) is 6.44. The number of hydrogen-bond acceptors (Lipinski definition) is 3. The maximum atomic E-state index is 12.8. The van der Waals surface area contributed by atoms with Gasteiger partial charge in [-0.1, -0.05) is 12.1 Å². The minimum absolute atomic E-state index is 0.191. The van der Waals surface area contributed by atoms with Gasteiger partial charge in [-0.25, -0.2) is 4.39 Å². The fourth-order valence-corrected chi connectivity index (χ4v) is 2.17. The molecule has 1 unspecified atom stereocenters. The quantitative estimate of drug-likeness (QED) is 0.884. The molecule has 2 rings (SSSR count). The molecule has 1 saturated heterocycles. The molecule has 1 N–H and O–H groups in total. The zero-order valence-corrected chi connectivity index (χ0v) is 11.0. The molecule has 0 spiro atoms. The summed E-state index contributed by atoms with van der Waals surface area (Å²) in [5.74, 6) is -0.191. The summed E-state index contributed by atoms with van der Waals surface area (Å²) in [6.07, 6.45) is 0.242. The summed E-state index contributed by atoms with van der Waals surface area (Å²) in [5, 5.41) is 3.43. The molecule has 4 heteroatoms. The summed E-state index contributed by atoms with van der Waals surface area (Å²) in [4.78, 5) is 2.28. The molecule has 100 valence electrons. The number of halogens is 1. The van der Waals surface area contributed by atoms with Crippen molar-refractivity contribution in [2.45, 2.75) is 19.1 Å². The van der Waals surface area contributed by atoms with Crippen LogP contribution in [-0.4, -0.2) is 44.3 Å². The number of rotatable bonds is 4. The smallest absolute Gasteiger partial charge is 0.123 e. The highest BCUT2D eigenvalue weighted by atomic mass is 19.1. The Kier molecular flexibility index (Phi) is 4.69. The van der Waals surface area contributed by atoms with Crippen molar-refractivity contribution in [3.05, 3.63) is 35.6 Å². The van der Waals surface area contributed by atoms with E-state index in [1.54, 1.807) is 0 Å². The van der Waals surface area contributed by atoms with Gasteiger partial charge in [-0.3, -0.25) is 0 Å². The van der Waals surface area contributed by atoms with Crippen LogP contribution in [0.5, 0.6) is 0 Å². The maximum absolute atomic E-state index is 12.8. The Bertz CT molecular complexity index is 369. The highest BCUT2D eigenvalue weighted by molar-refractivity contribution is 5.19. The van der Waals surface area contributed by atoms with Gasteiger partial charge in [0, 0.05) is 25.7 Å². The molecule has 1 aromatic rings. The van der Waals surface area contributed by atoms with Gasteiger partial charge in [-0.15, -0.1) is 0 Å². The van der Waals surface area contributed by atoms with E-state index in [9.17, 15) is 4.39 Å². The lowest BCUT2D eigenvalue weighted by molar-refractivity contribution is -0.0190. The normalized spacial score (nSPS) is 22.9. The Labute approximate surface area is 108 Å². The Morgan fingerprint density at radius 1 is 1.44 bits per heavy atom. The molecule has 0 saturated carbocycles. The first kappa shape index (κ1) is 13.5. The van der Waals surface area contributed by atoms with Gasteiger partial charge in [-0.05, 0) is 31.7 Å². The minimum Gasteiger partial charge on any atom is -0.374 e. The van der Waals surface area contributed by atoms with E-state index in [0.29, 0.717) is 0 Å². The SMILES string of the molecule is C[C@@H](NCC1CN(C)CCO1)c1ccc(F)cc1. The van der Waals surface area contributed by atoms with E-state index >= 15 is 0 Å². The van der Waals surface area contributed by atoms with Crippen LogP contribution < -0.4 is 5.32 Å². The molecule has 3 nitrogen and oxygen atoms in total. The van der Waals surface area contributed by atoms with Crippen molar-refractivity contribution in [2.75, 3.05) is 33.3 Å². The van der Waals surface area contributed by atoms with Crippen LogP contribution in [0.3, 0.4) is 0 Å². The molecular weight excluding hydrogens is 231 g/mol. The highest BCUT2D eigenvalue weighted by Gasteiger charge is 2.18. The Hall–Kier alpha value is -0.970. The van der Waals surface area contributed by atoms with Crippen LogP contribution in [0.25, 0.3) is 0 Å². The topological polar surface area (TPSA) is 24.5 Å². The molecule has 0 radical (unpaired) electrons. The van der Waals surface area contributed by atoms with E-state index in [1.165, 1.54) is 12.1 Å². The number of ether oxygens (including phenoxy) is 1. The van der Waals surface area contributed by atoms with Gasteiger partial charge in [-0.2, -0.15) is 0 Å². The van der Waals surface area contributed by atoms with Gasteiger partial charge in [0.2, 0.25) is 0 Å². The molecule has 0 bridgehead atoms. The first-order valence-corrected chi connectivity index (χ1v) is 6.44. The van der Waals surface area contributed by atoms with Crippen molar-refractivity contribution in [1.82, 2.24) is 10.2 Å². The lowest BCUT2D eigenvalue weighted by Crippen LogP contribution is -2.45. The number of morpholine rings is 1. The van der Waals surface area contributed by atoms with E-state index in [-0.39, 0.29) is 18.0 Å². The number of nitrogens with zero attached hydrogens (tertiary/aromatic N) is 1. The monoisotopic (exact) mass is 252 g/mol. The highest BCUT2D eigenvalue weighted by Crippen LogP contribution is 2.13. The average molecular weight is 252 g/mol. The second-order valence-electron chi connectivity index (χ2n) is 4.94. The molecule has 1 aliphatic heterocycles. The average Bonchev–Trinajstić information content (AvgIpc) is 2.37. The molecule has 0 aliphatic carbocycles. The molecule has 1 aliphatic rings. The van der Waals surface area contributed by atoms with Crippen LogP contribution in [0, 0.1) is 5.82 Å². The van der Waals surface area contributed by atoms with Gasteiger partial charge in [0.1, 0.15) is 5.82 Å². The molecular formula is C14H21FN2O. The van der Waals surface area contributed by atoms with E-state index < -0.39 is 0 Å². The summed E-state index contributed by atoms with van der Waals surface area (Å²) in [6.45, 7) is 5.67. The molecule has 1 fully saturated rings.